The van der Waals surface area contributed by atoms with Crippen molar-refractivity contribution in [3.05, 3.63) is 29.8 Å². The summed E-state index contributed by atoms with van der Waals surface area (Å²) in [7, 11) is 0. The van der Waals surface area contributed by atoms with Gasteiger partial charge in [-0.25, -0.2) is 0 Å². The molecule has 1 aromatic carbocycles. The van der Waals surface area contributed by atoms with Gasteiger partial charge in [0.15, 0.2) is 0 Å². The van der Waals surface area contributed by atoms with E-state index in [2.05, 4.69) is 18.7 Å². The van der Waals surface area contributed by atoms with E-state index in [4.69, 9.17) is 4.74 Å². The summed E-state index contributed by atoms with van der Waals surface area (Å²) in [6, 6.07) is 8.02. The van der Waals surface area contributed by atoms with Gasteiger partial charge >= 0.3 is 0 Å². The third-order valence-electron chi connectivity index (χ3n) is 3.36. The second-order valence-corrected chi connectivity index (χ2v) is 4.90. The van der Waals surface area contributed by atoms with Gasteiger partial charge in [0.05, 0.1) is 12.7 Å². The van der Waals surface area contributed by atoms with E-state index in [1.165, 1.54) is 5.56 Å². The molecular weight excluding hydrogens is 214 g/mol. The van der Waals surface area contributed by atoms with Crippen LogP contribution in [0, 0.1) is 0 Å². The molecule has 0 radical (unpaired) electrons. The number of rotatable bonds is 3. The molecule has 1 saturated heterocycles. The molecule has 0 amide bonds. The van der Waals surface area contributed by atoms with Gasteiger partial charge in [-0.2, -0.15) is 0 Å². The molecule has 0 aromatic heterocycles. The molecule has 17 heavy (non-hydrogen) atoms. The predicted octanol–water partition coefficient (Wildman–Crippen LogP) is 2.04. The molecular formula is C14H21NO2. The van der Waals surface area contributed by atoms with E-state index in [-0.39, 0.29) is 0 Å². The fraction of sp³-hybridized carbons (Fsp3) is 0.571. The second-order valence-electron chi connectivity index (χ2n) is 4.90. The average molecular weight is 235 g/mol. The molecule has 3 nitrogen and oxygen atoms in total. The minimum absolute atomic E-state index is 0.335. The van der Waals surface area contributed by atoms with Crippen molar-refractivity contribution in [1.29, 1.82) is 0 Å². The molecule has 2 atom stereocenters. The summed E-state index contributed by atoms with van der Waals surface area (Å²) in [5, 5.41) is 9.25. The van der Waals surface area contributed by atoms with Crippen molar-refractivity contribution in [3.8, 4) is 5.75 Å². The van der Waals surface area contributed by atoms with E-state index in [1.54, 1.807) is 12.1 Å². The molecule has 94 valence electrons. The Hall–Kier alpha value is -1.06. The number of aromatic hydroxyl groups is 1. The minimum atomic E-state index is 0.335. The Kier molecular flexibility index (Phi) is 4.02. The fourth-order valence-electron chi connectivity index (χ4n) is 2.35. The van der Waals surface area contributed by atoms with Crippen molar-refractivity contribution < 1.29 is 9.84 Å². The second kappa shape index (κ2) is 5.52. The number of phenolic OH excluding ortho intramolecular Hbond substituents is 1. The van der Waals surface area contributed by atoms with Crippen LogP contribution >= 0.6 is 0 Å². The van der Waals surface area contributed by atoms with E-state index < -0.39 is 0 Å². The van der Waals surface area contributed by atoms with Crippen molar-refractivity contribution in [3.63, 3.8) is 0 Å². The van der Waals surface area contributed by atoms with Gasteiger partial charge in [-0.1, -0.05) is 12.1 Å². The zero-order valence-electron chi connectivity index (χ0n) is 10.6. The largest absolute Gasteiger partial charge is 0.508 e. The quantitative estimate of drug-likeness (QED) is 0.870. The lowest BCUT2D eigenvalue weighted by Gasteiger charge is -2.35. The summed E-state index contributed by atoms with van der Waals surface area (Å²) >= 11 is 0. The summed E-state index contributed by atoms with van der Waals surface area (Å²) < 4.78 is 5.55. The standard InChI is InChI=1S/C14H21NO2/c1-11(15-7-8-17-12(2)10-15)9-13-3-5-14(16)6-4-13/h3-6,11-12,16H,7-10H2,1-2H3. The van der Waals surface area contributed by atoms with Gasteiger partial charge < -0.3 is 9.84 Å². The first-order valence-electron chi connectivity index (χ1n) is 6.28. The third kappa shape index (κ3) is 3.45. The lowest BCUT2D eigenvalue weighted by molar-refractivity contribution is -0.0313. The Labute approximate surface area is 103 Å². The van der Waals surface area contributed by atoms with Gasteiger partial charge in [0, 0.05) is 19.1 Å². The highest BCUT2D eigenvalue weighted by atomic mass is 16.5. The molecule has 0 saturated carbocycles. The van der Waals surface area contributed by atoms with Crippen LogP contribution in [0.3, 0.4) is 0 Å². The number of hydrogen-bond acceptors (Lipinski definition) is 3. The molecule has 1 heterocycles. The number of phenols is 1. The van der Waals surface area contributed by atoms with Crippen LogP contribution in [0.5, 0.6) is 5.75 Å². The molecule has 1 N–H and O–H groups in total. The van der Waals surface area contributed by atoms with E-state index in [0.29, 0.717) is 17.9 Å². The zero-order valence-corrected chi connectivity index (χ0v) is 10.6. The van der Waals surface area contributed by atoms with Gasteiger partial charge in [-0.3, -0.25) is 4.90 Å². The molecule has 2 rings (SSSR count). The predicted molar refractivity (Wildman–Crippen MR) is 68.3 cm³/mol. The van der Waals surface area contributed by atoms with Gasteiger partial charge in [-0.05, 0) is 38.0 Å². The van der Waals surface area contributed by atoms with Crippen molar-refractivity contribution in [1.82, 2.24) is 4.90 Å². The molecule has 0 aliphatic carbocycles. The summed E-state index contributed by atoms with van der Waals surface area (Å²) in [5.41, 5.74) is 1.27. The Balaban J connectivity index is 1.91. The third-order valence-corrected chi connectivity index (χ3v) is 3.36. The molecule has 1 aliphatic rings. The summed E-state index contributed by atoms with van der Waals surface area (Å²) in [5.74, 6) is 0.335. The number of benzene rings is 1. The number of morpholine rings is 1. The SMILES string of the molecule is CC1CN(C(C)Cc2ccc(O)cc2)CCO1. The molecule has 0 bridgehead atoms. The Bertz CT molecular complexity index is 350. The summed E-state index contributed by atoms with van der Waals surface area (Å²) in [6.07, 6.45) is 1.36. The number of hydrogen-bond donors (Lipinski definition) is 1. The maximum absolute atomic E-state index is 9.25. The molecule has 1 aliphatic heterocycles. The lowest BCUT2D eigenvalue weighted by Crippen LogP contribution is -2.46. The van der Waals surface area contributed by atoms with Crippen LogP contribution < -0.4 is 0 Å². The highest BCUT2D eigenvalue weighted by Gasteiger charge is 2.21. The Morgan fingerprint density at radius 2 is 2.12 bits per heavy atom. The van der Waals surface area contributed by atoms with Crippen molar-refractivity contribution in [2.75, 3.05) is 19.7 Å². The van der Waals surface area contributed by atoms with Crippen LogP contribution in [0.2, 0.25) is 0 Å². The van der Waals surface area contributed by atoms with Gasteiger partial charge in [-0.15, -0.1) is 0 Å². The minimum Gasteiger partial charge on any atom is -0.508 e. The lowest BCUT2D eigenvalue weighted by atomic mass is 10.0. The van der Waals surface area contributed by atoms with Crippen LogP contribution in [-0.2, 0) is 11.2 Å². The number of ether oxygens (including phenoxy) is 1. The Morgan fingerprint density at radius 1 is 1.41 bits per heavy atom. The molecule has 1 fully saturated rings. The van der Waals surface area contributed by atoms with Crippen LogP contribution in [0.1, 0.15) is 19.4 Å². The van der Waals surface area contributed by atoms with Crippen LogP contribution in [0.15, 0.2) is 24.3 Å². The maximum atomic E-state index is 9.25. The monoisotopic (exact) mass is 235 g/mol. The zero-order chi connectivity index (χ0) is 12.3. The number of nitrogens with zero attached hydrogens (tertiary/aromatic N) is 1. The van der Waals surface area contributed by atoms with E-state index in [9.17, 15) is 5.11 Å². The fourth-order valence-corrected chi connectivity index (χ4v) is 2.35. The highest BCUT2D eigenvalue weighted by molar-refractivity contribution is 5.26. The van der Waals surface area contributed by atoms with Gasteiger partial charge in [0.25, 0.3) is 0 Å². The topological polar surface area (TPSA) is 32.7 Å². The van der Waals surface area contributed by atoms with E-state index in [0.717, 1.165) is 26.1 Å². The van der Waals surface area contributed by atoms with E-state index >= 15 is 0 Å². The van der Waals surface area contributed by atoms with Crippen LogP contribution in [-0.4, -0.2) is 41.8 Å². The summed E-state index contributed by atoms with van der Waals surface area (Å²) in [4.78, 5) is 2.47. The van der Waals surface area contributed by atoms with Crippen molar-refractivity contribution in [2.45, 2.75) is 32.4 Å². The molecule has 3 heteroatoms. The normalized spacial score (nSPS) is 23.5. The highest BCUT2D eigenvalue weighted by Crippen LogP contribution is 2.15. The van der Waals surface area contributed by atoms with Gasteiger partial charge in [0.2, 0.25) is 0 Å². The first-order valence-corrected chi connectivity index (χ1v) is 6.28. The molecule has 2 unspecified atom stereocenters. The van der Waals surface area contributed by atoms with Crippen molar-refractivity contribution >= 4 is 0 Å². The molecule has 1 aromatic rings. The first-order chi connectivity index (χ1) is 8.15. The maximum Gasteiger partial charge on any atom is 0.115 e. The Morgan fingerprint density at radius 3 is 2.76 bits per heavy atom. The summed E-state index contributed by atoms with van der Waals surface area (Å²) in [6.45, 7) is 7.24. The van der Waals surface area contributed by atoms with Crippen LogP contribution in [0.25, 0.3) is 0 Å². The first kappa shape index (κ1) is 12.4. The smallest absolute Gasteiger partial charge is 0.115 e. The van der Waals surface area contributed by atoms with Gasteiger partial charge in [0.1, 0.15) is 5.75 Å². The molecule has 0 spiro atoms. The van der Waals surface area contributed by atoms with Crippen molar-refractivity contribution in [2.24, 2.45) is 0 Å². The van der Waals surface area contributed by atoms with E-state index in [1.807, 2.05) is 12.1 Å². The van der Waals surface area contributed by atoms with Crippen LogP contribution in [0.4, 0.5) is 0 Å². The average Bonchev–Trinajstić information content (AvgIpc) is 2.32.